The number of hydrogen-bond donors (Lipinski definition) is 2. The molecule has 1 aliphatic carbocycles. The standard InChI is InChI=1S/C23H33NO6Si/c1-22(2,3)31(6,7)30-16-9-13-12-8-15-19(27-11-26-15)18(25)14(12)10-24-17(13)21-20(16)28-23(4,5)29-21/h8-9,16-17,20-21,24-25H,10-11H2,1-7H3/t16-,17+,20+,21-/m0/s1. The smallest absolute Gasteiger partial charge is 0.231 e. The lowest BCUT2D eigenvalue weighted by Gasteiger charge is -2.45. The molecule has 31 heavy (non-hydrogen) atoms. The minimum absolute atomic E-state index is 0.0571. The van der Waals surface area contributed by atoms with Crippen LogP contribution in [0.1, 0.15) is 45.7 Å². The Morgan fingerprint density at radius 2 is 1.87 bits per heavy atom. The molecule has 7 nitrogen and oxygen atoms in total. The van der Waals surface area contributed by atoms with Gasteiger partial charge in [0.15, 0.2) is 25.6 Å². The highest BCUT2D eigenvalue weighted by molar-refractivity contribution is 6.74. The van der Waals surface area contributed by atoms with Crippen molar-refractivity contribution in [1.82, 2.24) is 5.32 Å². The van der Waals surface area contributed by atoms with Gasteiger partial charge in [-0.3, -0.25) is 0 Å². The summed E-state index contributed by atoms with van der Waals surface area (Å²) in [4.78, 5) is 0. The van der Waals surface area contributed by atoms with Crippen molar-refractivity contribution < 1.29 is 28.5 Å². The first kappa shape index (κ1) is 21.3. The van der Waals surface area contributed by atoms with E-state index >= 15 is 0 Å². The Hall–Kier alpha value is -1.58. The minimum Gasteiger partial charge on any atom is -0.504 e. The molecule has 4 atom stereocenters. The lowest BCUT2D eigenvalue weighted by molar-refractivity contribution is -0.152. The van der Waals surface area contributed by atoms with Crippen molar-refractivity contribution in [3.8, 4) is 17.2 Å². The van der Waals surface area contributed by atoms with Crippen molar-refractivity contribution in [2.24, 2.45) is 0 Å². The highest BCUT2D eigenvalue weighted by Crippen LogP contribution is 2.51. The molecule has 1 aromatic carbocycles. The van der Waals surface area contributed by atoms with Crippen LogP contribution in [0.2, 0.25) is 18.1 Å². The van der Waals surface area contributed by atoms with E-state index in [-0.39, 0.29) is 41.9 Å². The molecular formula is C23H33NO6Si. The number of phenols is 1. The second-order valence-corrected chi connectivity index (χ2v) is 15.6. The van der Waals surface area contributed by atoms with E-state index in [1.807, 2.05) is 19.9 Å². The largest absolute Gasteiger partial charge is 0.504 e. The van der Waals surface area contributed by atoms with Gasteiger partial charge in [0.2, 0.25) is 12.5 Å². The van der Waals surface area contributed by atoms with E-state index in [1.165, 1.54) is 0 Å². The van der Waals surface area contributed by atoms with Crippen molar-refractivity contribution >= 4 is 13.9 Å². The Labute approximate surface area is 184 Å². The Morgan fingerprint density at radius 1 is 1.16 bits per heavy atom. The molecule has 0 amide bonds. The van der Waals surface area contributed by atoms with Crippen LogP contribution in [0.15, 0.2) is 12.1 Å². The molecule has 0 aromatic heterocycles. The fourth-order valence-electron chi connectivity index (χ4n) is 4.70. The molecule has 1 fully saturated rings. The average Bonchev–Trinajstić information content (AvgIpc) is 3.24. The van der Waals surface area contributed by atoms with Crippen molar-refractivity contribution in [3.63, 3.8) is 0 Å². The second-order valence-electron chi connectivity index (χ2n) is 10.9. The number of aromatic hydroxyl groups is 1. The third-order valence-electron chi connectivity index (χ3n) is 7.28. The van der Waals surface area contributed by atoms with Crippen molar-refractivity contribution in [1.29, 1.82) is 0 Å². The molecule has 0 spiro atoms. The van der Waals surface area contributed by atoms with Gasteiger partial charge in [-0.05, 0) is 55.3 Å². The van der Waals surface area contributed by atoms with Gasteiger partial charge in [0.25, 0.3) is 0 Å². The van der Waals surface area contributed by atoms with Crippen LogP contribution in [0.25, 0.3) is 5.57 Å². The molecule has 170 valence electrons. The number of rotatable bonds is 2. The number of hydrogen-bond acceptors (Lipinski definition) is 7. The fourth-order valence-corrected chi connectivity index (χ4v) is 5.93. The van der Waals surface area contributed by atoms with Gasteiger partial charge in [-0.25, -0.2) is 0 Å². The van der Waals surface area contributed by atoms with Gasteiger partial charge >= 0.3 is 0 Å². The van der Waals surface area contributed by atoms with Crippen LogP contribution in [-0.2, 0) is 20.4 Å². The summed E-state index contributed by atoms with van der Waals surface area (Å²) in [5, 5.41) is 14.5. The lowest BCUT2D eigenvalue weighted by atomic mass is 9.79. The van der Waals surface area contributed by atoms with Crippen LogP contribution in [-0.4, -0.2) is 50.4 Å². The summed E-state index contributed by atoms with van der Waals surface area (Å²) in [5.74, 6) is 0.450. The molecule has 2 N–H and O–H groups in total. The average molecular weight is 448 g/mol. The fraction of sp³-hybridized carbons (Fsp3) is 0.652. The molecule has 3 heterocycles. The predicted octanol–water partition coefficient (Wildman–Crippen LogP) is 3.90. The zero-order chi connectivity index (χ0) is 22.3. The summed E-state index contributed by atoms with van der Waals surface area (Å²) in [6.07, 6.45) is 1.54. The first-order valence-corrected chi connectivity index (χ1v) is 13.9. The molecule has 5 rings (SSSR count). The Balaban J connectivity index is 1.61. The van der Waals surface area contributed by atoms with Gasteiger partial charge in [0.1, 0.15) is 12.2 Å². The SMILES string of the molecule is CC1(C)O[C@@H]2[C@H](O1)[C@@H](O[Si](C)(C)C(C)(C)C)C=C1c3cc4c(c(O)c3CN[C@H]12)OCO4. The quantitative estimate of drug-likeness (QED) is 0.666. The van der Waals surface area contributed by atoms with E-state index in [1.54, 1.807) is 0 Å². The maximum Gasteiger partial charge on any atom is 0.231 e. The van der Waals surface area contributed by atoms with Crippen LogP contribution in [0.4, 0.5) is 0 Å². The van der Waals surface area contributed by atoms with Crippen LogP contribution >= 0.6 is 0 Å². The monoisotopic (exact) mass is 447 g/mol. The Morgan fingerprint density at radius 3 is 2.58 bits per heavy atom. The molecule has 3 aliphatic heterocycles. The summed E-state index contributed by atoms with van der Waals surface area (Å²) in [5.41, 5.74) is 2.83. The van der Waals surface area contributed by atoms with Gasteiger partial charge in [0.05, 0.1) is 12.1 Å². The summed E-state index contributed by atoms with van der Waals surface area (Å²) < 4.78 is 30.6. The molecule has 0 bridgehead atoms. The predicted molar refractivity (Wildman–Crippen MR) is 119 cm³/mol. The molecule has 4 aliphatic rings. The summed E-state index contributed by atoms with van der Waals surface area (Å²) in [6, 6.07) is 1.92. The minimum atomic E-state index is -2.07. The third kappa shape index (κ3) is 3.31. The maximum absolute atomic E-state index is 10.8. The van der Waals surface area contributed by atoms with Crippen molar-refractivity contribution in [3.05, 3.63) is 23.3 Å². The number of phenolic OH excluding ortho intramolecular Hbond substituents is 1. The van der Waals surface area contributed by atoms with E-state index < -0.39 is 14.1 Å². The molecule has 8 heteroatoms. The second kappa shape index (κ2) is 6.71. The first-order valence-electron chi connectivity index (χ1n) is 11.0. The zero-order valence-electron chi connectivity index (χ0n) is 19.4. The van der Waals surface area contributed by atoms with Crippen LogP contribution in [0, 0.1) is 0 Å². The normalized spacial score (nSPS) is 31.0. The number of benzene rings is 1. The summed E-state index contributed by atoms with van der Waals surface area (Å²) in [6.45, 7) is 15.8. The highest BCUT2D eigenvalue weighted by atomic mass is 28.4. The maximum atomic E-state index is 10.8. The van der Waals surface area contributed by atoms with Crippen LogP contribution in [0.5, 0.6) is 17.2 Å². The third-order valence-corrected chi connectivity index (χ3v) is 11.8. The first-order chi connectivity index (χ1) is 14.4. The number of nitrogens with one attached hydrogen (secondary N) is 1. The van der Waals surface area contributed by atoms with Crippen LogP contribution in [0.3, 0.4) is 0 Å². The summed E-state index contributed by atoms with van der Waals surface area (Å²) in [7, 11) is -2.07. The van der Waals surface area contributed by atoms with Crippen molar-refractivity contribution in [2.75, 3.05) is 6.79 Å². The van der Waals surface area contributed by atoms with Gasteiger partial charge < -0.3 is 33.8 Å². The molecule has 1 saturated heterocycles. The molecule has 0 radical (unpaired) electrons. The van der Waals surface area contributed by atoms with Gasteiger partial charge in [-0.1, -0.05) is 20.8 Å². The van der Waals surface area contributed by atoms with Gasteiger partial charge in [0, 0.05) is 12.1 Å². The Bertz CT molecular complexity index is 950. The summed E-state index contributed by atoms with van der Waals surface area (Å²) >= 11 is 0. The van der Waals surface area contributed by atoms with Crippen LogP contribution < -0.4 is 14.8 Å². The van der Waals surface area contributed by atoms with E-state index in [9.17, 15) is 5.11 Å². The number of ether oxygens (including phenoxy) is 4. The topological polar surface area (TPSA) is 78.4 Å². The highest BCUT2D eigenvalue weighted by Gasteiger charge is 2.55. The zero-order valence-corrected chi connectivity index (χ0v) is 20.4. The van der Waals surface area contributed by atoms with Gasteiger partial charge in [-0.2, -0.15) is 0 Å². The Kier molecular flexibility index (Phi) is 4.61. The van der Waals surface area contributed by atoms with E-state index in [4.69, 9.17) is 23.4 Å². The van der Waals surface area contributed by atoms with Gasteiger partial charge in [-0.15, -0.1) is 0 Å². The van der Waals surface area contributed by atoms with Crippen molar-refractivity contribution in [2.45, 2.75) is 89.4 Å². The molecular weight excluding hydrogens is 414 g/mol. The molecule has 1 aromatic rings. The van der Waals surface area contributed by atoms with E-state index in [0.717, 1.165) is 16.7 Å². The molecule has 0 saturated carbocycles. The molecule has 0 unspecified atom stereocenters. The lowest BCUT2D eigenvalue weighted by Crippen LogP contribution is -2.57. The van der Waals surface area contributed by atoms with E-state index in [0.29, 0.717) is 18.0 Å². The van der Waals surface area contributed by atoms with E-state index in [2.05, 4.69) is 45.3 Å². The number of fused-ring (bicyclic) bond motifs is 6.